The number of aromatic nitrogens is 1. The van der Waals surface area contributed by atoms with Crippen LogP contribution in [0, 0.1) is 11.7 Å². The van der Waals surface area contributed by atoms with Gasteiger partial charge in [-0.2, -0.15) is 0 Å². The zero-order valence-electron chi connectivity index (χ0n) is 24.2. The fourth-order valence-electron chi connectivity index (χ4n) is 5.72. The number of nitrogens with one attached hydrogen (secondary N) is 1. The number of nitrogen functional groups attached to an aromatic ring is 1. The van der Waals surface area contributed by atoms with Gasteiger partial charge in [0.2, 0.25) is 5.91 Å². The number of aliphatic carboxylic acids is 1. The van der Waals surface area contributed by atoms with Crippen molar-refractivity contribution in [2.24, 2.45) is 5.92 Å². The normalized spacial score (nSPS) is 17.4. The molecule has 5 rings (SSSR count). The first-order chi connectivity index (χ1) is 21.1. The maximum atomic E-state index is 14.6. The van der Waals surface area contributed by atoms with E-state index in [4.69, 9.17) is 10.5 Å². The molecule has 1 fully saturated rings. The number of carboxylic acids is 1. The third kappa shape index (κ3) is 5.89. The number of sulfone groups is 1. The number of nitrogens with zero attached hydrogens (tertiary/aromatic N) is 2. The number of anilines is 2. The molecule has 0 saturated carbocycles. The number of hydrogen-bond acceptors (Lipinski definition) is 8. The average Bonchev–Trinajstić information content (AvgIpc) is 3.47. The molecule has 1 aliphatic heterocycles. The van der Waals surface area contributed by atoms with Gasteiger partial charge in [0, 0.05) is 23.8 Å². The number of benzene rings is 3. The summed E-state index contributed by atoms with van der Waals surface area (Å²) in [5.74, 6) is -3.17. The van der Waals surface area contributed by atoms with Crippen LogP contribution >= 0.6 is 0 Å². The number of halogens is 1. The molecule has 1 amide bonds. The second-order valence-electron chi connectivity index (χ2n) is 10.5. The van der Waals surface area contributed by atoms with Gasteiger partial charge in [0.05, 0.1) is 29.2 Å². The fraction of sp³-hybridized carbons (Fsp3) is 0.281. The minimum Gasteiger partial charge on any atom is -0.491 e. The summed E-state index contributed by atoms with van der Waals surface area (Å²) < 4.78 is 46.2. The number of pyridine rings is 1. The Morgan fingerprint density at radius 3 is 2.64 bits per heavy atom. The van der Waals surface area contributed by atoms with E-state index in [2.05, 4.69) is 10.3 Å². The van der Waals surface area contributed by atoms with E-state index in [9.17, 15) is 27.5 Å². The monoisotopic (exact) mass is 620 g/mol. The molecule has 0 spiro atoms. The molecule has 4 aromatic rings. The fourth-order valence-corrected chi connectivity index (χ4v) is 6.87. The minimum atomic E-state index is -3.75. The van der Waals surface area contributed by atoms with Crippen LogP contribution in [-0.2, 0) is 19.4 Å². The van der Waals surface area contributed by atoms with Crippen LogP contribution in [0.2, 0.25) is 0 Å². The lowest BCUT2D eigenvalue weighted by Crippen LogP contribution is -2.39. The van der Waals surface area contributed by atoms with Gasteiger partial charge in [0.1, 0.15) is 11.9 Å². The van der Waals surface area contributed by atoms with E-state index in [1.165, 1.54) is 36.1 Å². The van der Waals surface area contributed by atoms with Crippen molar-refractivity contribution in [3.8, 4) is 5.75 Å². The molecule has 10 nitrogen and oxygen atoms in total. The number of hydrogen-bond donors (Lipinski definition) is 3. The number of likely N-dealkylation sites (tertiary alicyclic amines) is 1. The van der Waals surface area contributed by atoms with Crippen LogP contribution in [0.5, 0.6) is 5.75 Å². The topological polar surface area (TPSA) is 152 Å². The highest BCUT2D eigenvalue weighted by Gasteiger charge is 2.45. The van der Waals surface area contributed by atoms with Crippen molar-refractivity contribution in [2.75, 3.05) is 30.0 Å². The number of amides is 1. The Morgan fingerprint density at radius 2 is 1.91 bits per heavy atom. The van der Waals surface area contributed by atoms with E-state index < -0.39 is 45.5 Å². The summed E-state index contributed by atoms with van der Waals surface area (Å²) in [6.07, 6.45) is 1.69. The first-order valence-electron chi connectivity index (χ1n) is 14.2. The molecular formula is C32H33FN4O6S. The van der Waals surface area contributed by atoms with E-state index in [0.29, 0.717) is 17.1 Å². The van der Waals surface area contributed by atoms with Gasteiger partial charge < -0.3 is 25.8 Å². The minimum absolute atomic E-state index is 0.0101. The summed E-state index contributed by atoms with van der Waals surface area (Å²) in [6.45, 7) is 3.49. The lowest BCUT2D eigenvalue weighted by molar-refractivity contribution is -0.143. The number of carboxylic acid groups (broad SMARTS) is 1. The summed E-state index contributed by atoms with van der Waals surface area (Å²) in [5.41, 5.74) is 7.18. The number of carbonyl (C=O) groups excluding carboxylic acids is 1. The molecule has 2 heterocycles. The van der Waals surface area contributed by atoms with Crippen LogP contribution in [0.3, 0.4) is 0 Å². The highest BCUT2D eigenvalue weighted by molar-refractivity contribution is 7.91. The molecule has 4 N–H and O–H groups in total. The molecule has 44 heavy (non-hydrogen) atoms. The number of fused-ring (bicyclic) bond motifs is 1. The van der Waals surface area contributed by atoms with Crippen molar-refractivity contribution in [1.82, 2.24) is 9.88 Å². The van der Waals surface area contributed by atoms with E-state index >= 15 is 0 Å². The second kappa shape index (κ2) is 12.5. The van der Waals surface area contributed by atoms with Crippen LogP contribution in [0.25, 0.3) is 10.8 Å². The molecule has 3 atom stereocenters. The highest BCUT2D eigenvalue weighted by Crippen LogP contribution is 2.42. The zero-order valence-corrected chi connectivity index (χ0v) is 25.1. The predicted molar refractivity (Wildman–Crippen MR) is 164 cm³/mol. The maximum absolute atomic E-state index is 14.6. The van der Waals surface area contributed by atoms with E-state index in [1.54, 1.807) is 55.6 Å². The molecule has 1 saturated heterocycles. The van der Waals surface area contributed by atoms with Crippen LogP contribution < -0.4 is 15.8 Å². The third-order valence-corrected chi connectivity index (χ3v) is 9.69. The molecule has 1 unspecified atom stereocenters. The van der Waals surface area contributed by atoms with Crippen molar-refractivity contribution in [1.29, 1.82) is 0 Å². The Balaban J connectivity index is 1.62. The van der Waals surface area contributed by atoms with Gasteiger partial charge in [0.25, 0.3) is 0 Å². The summed E-state index contributed by atoms with van der Waals surface area (Å²) in [7, 11) is -3.75. The molecule has 12 heteroatoms. The van der Waals surface area contributed by atoms with Crippen molar-refractivity contribution < 1.29 is 32.2 Å². The van der Waals surface area contributed by atoms with E-state index in [0.717, 1.165) is 10.8 Å². The third-order valence-electron chi connectivity index (χ3n) is 7.89. The van der Waals surface area contributed by atoms with Gasteiger partial charge in [0.15, 0.2) is 21.4 Å². The van der Waals surface area contributed by atoms with Gasteiger partial charge in [-0.3, -0.25) is 9.59 Å². The van der Waals surface area contributed by atoms with Gasteiger partial charge in [-0.05, 0) is 72.3 Å². The van der Waals surface area contributed by atoms with Crippen LogP contribution in [-0.4, -0.2) is 54.2 Å². The Kier molecular flexibility index (Phi) is 8.73. The largest absolute Gasteiger partial charge is 0.491 e. The van der Waals surface area contributed by atoms with E-state index in [-0.39, 0.29) is 41.5 Å². The van der Waals surface area contributed by atoms with Crippen molar-refractivity contribution in [2.45, 2.75) is 37.2 Å². The second-order valence-corrected chi connectivity index (χ2v) is 12.7. The summed E-state index contributed by atoms with van der Waals surface area (Å²) in [6, 6.07) is 15.2. The summed E-state index contributed by atoms with van der Waals surface area (Å²) in [5, 5.41) is 14.9. The van der Waals surface area contributed by atoms with Crippen molar-refractivity contribution in [3.05, 3.63) is 89.9 Å². The highest BCUT2D eigenvalue weighted by atomic mass is 32.2. The van der Waals surface area contributed by atoms with Gasteiger partial charge >= 0.3 is 5.97 Å². The molecule has 3 aromatic carbocycles. The summed E-state index contributed by atoms with van der Waals surface area (Å²) >= 11 is 0. The maximum Gasteiger partial charge on any atom is 0.309 e. The first kappa shape index (κ1) is 30.7. The number of carbonyl (C=O) groups is 2. The Morgan fingerprint density at radius 1 is 1.14 bits per heavy atom. The molecule has 1 aliphatic rings. The predicted octanol–water partition coefficient (Wildman–Crippen LogP) is 4.98. The van der Waals surface area contributed by atoms with Crippen LogP contribution in [0.1, 0.15) is 43.5 Å². The zero-order chi connectivity index (χ0) is 31.6. The molecule has 230 valence electrons. The average molecular weight is 621 g/mol. The van der Waals surface area contributed by atoms with Crippen LogP contribution in [0.15, 0.2) is 77.8 Å². The Hall–Kier alpha value is -4.71. The van der Waals surface area contributed by atoms with Crippen LogP contribution in [0.4, 0.5) is 15.9 Å². The number of ether oxygens (including phenoxy) is 1. The molecule has 0 radical (unpaired) electrons. The molecular weight excluding hydrogens is 587 g/mol. The van der Waals surface area contributed by atoms with Gasteiger partial charge in [-0.25, -0.2) is 17.8 Å². The van der Waals surface area contributed by atoms with Gasteiger partial charge in [-0.1, -0.05) is 31.2 Å². The Labute approximate surface area is 254 Å². The van der Waals surface area contributed by atoms with Gasteiger partial charge in [-0.15, -0.1) is 0 Å². The quantitative estimate of drug-likeness (QED) is 0.223. The molecule has 0 aliphatic carbocycles. The van der Waals surface area contributed by atoms with Crippen molar-refractivity contribution >= 4 is 44.0 Å². The van der Waals surface area contributed by atoms with E-state index in [1.807, 2.05) is 0 Å². The molecule has 1 aromatic heterocycles. The Bertz CT molecular complexity index is 1830. The summed E-state index contributed by atoms with van der Waals surface area (Å²) in [4.78, 5) is 32.5. The lowest BCUT2D eigenvalue weighted by Gasteiger charge is -2.32. The number of rotatable bonds is 10. The van der Waals surface area contributed by atoms with Crippen molar-refractivity contribution in [3.63, 3.8) is 0 Å². The first-order valence-corrected chi connectivity index (χ1v) is 15.9. The number of nitrogens with two attached hydrogens (primary N) is 1. The standard InChI is InChI=1S/C32H33FN4O6S/c1-3-43-26-18-20(9-12-25(26)33)28(36-21-10-11-22-19(17-21)13-15-35-30(22)34)31(38)37-16-14-24(32(39)40)29(37)23-7-5-6-8-27(23)44(41,42)4-2/h5-13,15,17-18,24,28-29,36H,3-4,14,16H2,1-2H3,(H2,34,35)(H,39,40)/t24-,28?,29-/m0/s1. The molecule has 0 bridgehead atoms. The lowest BCUT2D eigenvalue weighted by atomic mass is 9.93. The smallest absolute Gasteiger partial charge is 0.309 e. The SMILES string of the molecule is CCOc1cc(C(Nc2ccc3c(N)nccc3c2)C(=O)N2CC[C@H](C(=O)O)[C@@H]2c2ccccc2S(=O)(=O)CC)ccc1F.